The predicted octanol–water partition coefficient (Wildman–Crippen LogP) is 1.17. The molecule has 0 radical (unpaired) electrons. The van der Waals surface area contributed by atoms with Gasteiger partial charge in [0, 0.05) is 32.0 Å². The van der Waals surface area contributed by atoms with Gasteiger partial charge in [0.1, 0.15) is 15.7 Å². The van der Waals surface area contributed by atoms with E-state index in [1.165, 1.54) is 12.3 Å². The number of benzene rings is 1. The third-order valence-electron chi connectivity index (χ3n) is 2.77. The zero-order valence-corrected chi connectivity index (χ0v) is 16.4. The summed E-state index contributed by atoms with van der Waals surface area (Å²) in [7, 11) is -1.38. The molecule has 1 aromatic rings. The Morgan fingerprint density at radius 2 is 1.96 bits per heavy atom. The van der Waals surface area contributed by atoms with E-state index in [9.17, 15) is 12.8 Å². The zero-order valence-electron chi connectivity index (χ0n) is 13.2. The summed E-state index contributed by atoms with van der Waals surface area (Å²) in [6, 6.07) is 6.51. The minimum atomic E-state index is -2.99. The molecule has 132 valence electrons. The molecule has 0 amide bonds. The molecule has 0 aliphatic rings. The van der Waals surface area contributed by atoms with Crippen molar-refractivity contribution < 1.29 is 17.5 Å². The molecule has 1 aromatic carbocycles. The van der Waals surface area contributed by atoms with Gasteiger partial charge in [0.15, 0.2) is 5.96 Å². The highest BCUT2D eigenvalue weighted by atomic mass is 127. The molecule has 0 unspecified atom stereocenters. The van der Waals surface area contributed by atoms with E-state index < -0.39 is 9.84 Å². The number of hydrogen-bond acceptors (Lipinski definition) is 4. The van der Waals surface area contributed by atoms with Crippen molar-refractivity contribution in [2.75, 3.05) is 38.8 Å². The number of ether oxygens (including phenoxy) is 1. The van der Waals surface area contributed by atoms with Crippen molar-refractivity contribution in [1.29, 1.82) is 0 Å². The van der Waals surface area contributed by atoms with Gasteiger partial charge in [0.25, 0.3) is 0 Å². The monoisotopic (exact) mass is 459 g/mol. The largest absolute Gasteiger partial charge is 0.379 e. The maximum atomic E-state index is 13.5. The Hall–Kier alpha value is -0.940. The number of nitrogens with one attached hydrogen (secondary N) is 2. The summed E-state index contributed by atoms with van der Waals surface area (Å²) in [5, 5.41) is 5.99. The van der Waals surface area contributed by atoms with Crippen LogP contribution in [0.25, 0.3) is 0 Å². The first kappa shape index (κ1) is 22.1. The van der Waals surface area contributed by atoms with E-state index in [-0.39, 0.29) is 42.2 Å². The molecule has 2 N–H and O–H groups in total. The minimum Gasteiger partial charge on any atom is -0.379 e. The smallest absolute Gasteiger partial charge is 0.191 e. The Kier molecular flexibility index (Phi) is 11.1. The van der Waals surface area contributed by atoms with Crippen LogP contribution < -0.4 is 10.6 Å². The number of aliphatic imine (C=N–C) groups is 1. The van der Waals surface area contributed by atoms with Crippen molar-refractivity contribution in [2.45, 2.75) is 6.54 Å². The lowest BCUT2D eigenvalue weighted by atomic mass is 10.2. The summed E-state index contributed by atoms with van der Waals surface area (Å²) in [5.41, 5.74) is 0.551. The third kappa shape index (κ3) is 10.4. The van der Waals surface area contributed by atoms with Gasteiger partial charge in [0.05, 0.1) is 19.0 Å². The average molecular weight is 459 g/mol. The maximum absolute atomic E-state index is 13.5. The van der Waals surface area contributed by atoms with Crippen LogP contribution in [0.3, 0.4) is 0 Å². The number of sulfone groups is 1. The van der Waals surface area contributed by atoms with Crippen LogP contribution in [0.15, 0.2) is 29.3 Å². The van der Waals surface area contributed by atoms with Gasteiger partial charge in [-0.3, -0.25) is 4.99 Å². The molecule has 0 aliphatic carbocycles. The Labute approximate surface area is 153 Å². The SMILES string of the molecule is CN=C(NCCOCCS(C)(=O)=O)NCc1ccccc1F.I. The molecule has 0 aromatic heterocycles. The highest BCUT2D eigenvalue weighted by Crippen LogP contribution is 2.05. The fourth-order valence-electron chi connectivity index (χ4n) is 1.60. The van der Waals surface area contributed by atoms with Gasteiger partial charge in [-0.05, 0) is 6.07 Å². The summed E-state index contributed by atoms with van der Waals surface area (Å²) in [4.78, 5) is 4.01. The first-order valence-electron chi connectivity index (χ1n) is 6.86. The van der Waals surface area contributed by atoms with Crippen molar-refractivity contribution in [2.24, 2.45) is 4.99 Å². The lowest BCUT2D eigenvalue weighted by molar-refractivity contribution is 0.154. The predicted molar refractivity (Wildman–Crippen MR) is 101 cm³/mol. The molecule has 23 heavy (non-hydrogen) atoms. The lowest BCUT2D eigenvalue weighted by Gasteiger charge is -2.12. The maximum Gasteiger partial charge on any atom is 0.191 e. The fraction of sp³-hybridized carbons (Fsp3) is 0.500. The van der Waals surface area contributed by atoms with Crippen LogP contribution in [-0.4, -0.2) is 53.2 Å². The second kappa shape index (κ2) is 11.6. The molecule has 0 spiro atoms. The van der Waals surface area contributed by atoms with Crippen LogP contribution in [0, 0.1) is 5.82 Å². The quantitative estimate of drug-likeness (QED) is 0.264. The molecule has 0 aliphatic heterocycles. The van der Waals surface area contributed by atoms with Gasteiger partial charge in [0.2, 0.25) is 0 Å². The third-order valence-corrected chi connectivity index (χ3v) is 3.67. The van der Waals surface area contributed by atoms with Crippen LogP contribution in [0.2, 0.25) is 0 Å². The van der Waals surface area contributed by atoms with Crippen LogP contribution in [-0.2, 0) is 21.1 Å². The number of guanidine groups is 1. The van der Waals surface area contributed by atoms with E-state index in [4.69, 9.17) is 4.74 Å². The molecular formula is C14H23FIN3O3S. The summed E-state index contributed by atoms with van der Waals surface area (Å²) >= 11 is 0. The van der Waals surface area contributed by atoms with Gasteiger partial charge >= 0.3 is 0 Å². The molecule has 0 atom stereocenters. The first-order valence-corrected chi connectivity index (χ1v) is 8.92. The molecule has 0 bridgehead atoms. The highest BCUT2D eigenvalue weighted by molar-refractivity contribution is 14.0. The van der Waals surface area contributed by atoms with Crippen LogP contribution in [0.1, 0.15) is 5.56 Å². The topological polar surface area (TPSA) is 79.8 Å². The van der Waals surface area contributed by atoms with E-state index in [1.807, 2.05) is 0 Å². The van der Waals surface area contributed by atoms with E-state index >= 15 is 0 Å². The first-order chi connectivity index (χ1) is 10.4. The second-order valence-electron chi connectivity index (χ2n) is 4.69. The second-order valence-corrected chi connectivity index (χ2v) is 6.95. The van der Waals surface area contributed by atoms with Gasteiger partial charge in [-0.2, -0.15) is 0 Å². The number of rotatable bonds is 8. The average Bonchev–Trinajstić information content (AvgIpc) is 2.46. The van der Waals surface area contributed by atoms with Crippen molar-refractivity contribution >= 4 is 39.8 Å². The summed E-state index contributed by atoms with van der Waals surface area (Å²) in [5.74, 6) is 0.261. The van der Waals surface area contributed by atoms with Crippen LogP contribution in [0.5, 0.6) is 0 Å². The number of hydrogen-bond donors (Lipinski definition) is 2. The van der Waals surface area contributed by atoms with E-state index in [2.05, 4.69) is 15.6 Å². The Morgan fingerprint density at radius 1 is 1.26 bits per heavy atom. The minimum absolute atomic E-state index is 0. The lowest BCUT2D eigenvalue weighted by Crippen LogP contribution is -2.38. The van der Waals surface area contributed by atoms with Gasteiger partial charge in [-0.25, -0.2) is 12.8 Å². The molecular weight excluding hydrogens is 436 g/mol. The van der Waals surface area contributed by atoms with Crippen LogP contribution in [0.4, 0.5) is 4.39 Å². The molecule has 0 fully saturated rings. The zero-order chi connectivity index (χ0) is 16.4. The standard InChI is InChI=1S/C14H22FN3O3S.HI/c1-16-14(17-7-8-21-9-10-22(2,19)20)18-11-12-5-3-4-6-13(12)15;/h3-6H,7-11H2,1-2H3,(H2,16,17,18);1H. The van der Waals surface area contributed by atoms with E-state index in [1.54, 1.807) is 25.2 Å². The molecule has 1 rings (SSSR count). The van der Waals surface area contributed by atoms with Crippen molar-refractivity contribution in [3.05, 3.63) is 35.6 Å². The van der Waals surface area contributed by atoms with Gasteiger partial charge < -0.3 is 15.4 Å². The Bertz CT molecular complexity index is 597. The molecule has 9 heteroatoms. The summed E-state index contributed by atoms with van der Waals surface area (Å²) < 4.78 is 40.5. The van der Waals surface area contributed by atoms with Gasteiger partial charge in [-0.15, -0.1) is 24.0 Å². The Balaban J connectivity index is 0.00000484. The fourth-order valence-corrected chi connectivity index (χ4v) is 2.02. The van der Waals surface area contributed by atoms with Gasteiger partial charge in [-0.1, -0.05) is 18.2 Å². The molecule has 0 saturated carbocycles. The highest BCUT2D eigenvalue weighted by Gasteiger charge is 2.03. The van der Waals surface area contributed by atoms with E-state index in [0.717, 1.165) is 0 Å². The van der Waals surface area contributed by atoms with Crippen molar-refractivity contribution in [1.82, 2.24) is 10.6 Å². The van der Waals surface area contributed by atoms with Crippen LogP contribution >= 0.6 is 24.0 Å². The molecule has 0 saturated heterocycles. The van der Waals surface area contributed by atoms with Crippen molar-refractivity contribution in [3.63, 3.8) is 0 Å². The van der Waals surface area contributed by atoms with Crippen molar-refractivity contribution in [3.8, 4) is 0 Å². The summed E-state index contributed by atoms with van der Waals surface area (Å²) in [6.07, 6.45) is 1.17. The number of nitrogens with zero attached hydrogens (tertiary/aromatic N) is 1. The Morgan fingerprint density at radius 3 is 2.57 bits per heavy atom. The summed E-state index contributed by atoms with van der Waals surface area (Å²) in [6.45, 7) is 1.32. The molecule has 6 nitrogen and oxygen atoms in total. The molecule has 0 heterocycles. The van der Waals surface area contributed by atoms with E-state index in [0.29, 0.717) is 31.2 Å². The number of halogens is 2. The normalized spacial score (nSPS) is 11.7.